The van der Waals surface area contributed by atoms with Crippen LogP contribution in [0.1, 0.15) is 82.5 Å². The third kappa shape index (κ3) is 8.54. The minimum absolute atomic E-state index is 0.302. The number of benzene rings is 4. The molecule has 6 rings (SSSR count). The molecule has 0 aromatic heterocycles. The molecule has 8 nitrogen and oxygen atoms in total. The van der Waals surface area contributed by atoms with Crippen molar-refractivity contribution in [2.45, 2.75) is 52.4 Å². The highest BCUT2D eigenvalue weighted by molar-refractivity contribution is 6.06. The van der Waals surface area contributed by atoms with Crippen LogP contribution in [0.25, 0.3) is 11.1 Å². The predicted molar refractivity (Wildman–Crippen MR) is 192 cm³/mol. The van der Waals surface area contributed by atoms with Crippen LogP contribution in [0.4, 0.5) is 28.9 Å². The second-order valence-corrected chi connectivity index (χ2v) is 12.6. The van der Waals surface area contributed by atoms with E-state index in [9.17, 15) is 41.8 Å². The van der Waals surface area contributed by atoms with Crippen molar-refractivity contribution in [1.82, 2.24) is 0 Å². The minimum Gasteiger partial charge on any atom is -0.478 e. The zero-order valence-corrected chi connectivity index (χ0v) is 29.2. The lowest BCUT2D eigenvalue weighted by molar-refractivity contribution is -0.136. The van der Waals surface area contributed by atoms with Crippen molar-refractivity contribution in [1.29, 1.82) is 0 Å². The number of halogens is 4. The van der Waals surface area contributed by atoms with Gasteiger partial charge in [-0.3, -0.25) is 9.59 Å². The van der Waals surface area contributed by atoms with Crippen LogP contribution in [0.5, 0.6) is 0 Å². The fraction of sp³-hybridized carbons (Fsp3) is 0.220. The number of hydrogen-bond donors (Lipinski definition) is 3. The molecule has 274 valence electrons. The number of aryl methyl sites for hydroxylation is 2. The fourth-order valence-electron chi connectivity index (χ4n) is 6.53. The highest BCUT2D eigenvalue weighted by atomic mass is 19.1. The molecule has 3 N–H and O–H groups in total. The van der Waals surface area contributed by atoms with Gasteiger partial charge in [-0.1, -0.05) is 24.3 Å². The van der Waals surface area contributed by atoms with Crippen molar-refractivity contribution < 1.29 is 46.6 Å². The molecule has 0 saturated heterocycles. The van der Waals surface area contributed by atoms with Crippen LogP contribution < -0.4 is 10.6 Å². The summed E-state index contributed by atoms with van der Waals surface area (Å²) in [6, 6.07) is 16.8. The van der Waals surface area contributed by atoms with Gasteiger partial charge >= 0.3 is 11.9 Å². The van der Waals surface area contributed by atoms with E-state index in [4.69, 9.17) is 4.74 Å². The van der Waals surface area contributed by atoms with E-state index in [0.717, 1.165) is 89.8 Å². The first-order chi connectivity index (χ1) is 25.3. The number of anilines is 2. The summed E-state index contributed by atoms with van der Waals surface area (Å²) in [6.45, 7) is 3.30. The molecule has 0 radical (unpaired) electrons. The van der Waals surface area contributed by atoms with Gasteiger partial charge in [0, 0.05) is 22.5 Å². The highest BCUT2D eigenvalue weighted by Gasteiger charge is 2.23. The molecule has 2 aliphatic rings. The Kier molecular flexibility index (Phi) is 11.9. The molecule has 2 aliphatic carbocycles. The van der Waals surface area contributed by atoms with E-state index in [1.807, 2.05) is 6.07 Å². The summed E-state index contributed by atoms with van der Waals surface area (Å²) in [6.07, 6.45) is 4.62. The quantitative estimate of drug-likeness (QED) is 0.104. The van der Waals surface area contributed by atoms with Gasteiger partial charge in [-0.05, 0) is 134 Å². The Labute approximate surface area is 303 Å². The first-order valence-corrected chi connectivity index (χ1v) is 16.8. The topological polar surface area (TPSA) is 122 Å². The van der Waals surface area contributed by atoms with E-state index in [-0.39, 0.29) is 5.97 Å². The molecule has 12 heteroatoms. The van der Waals surface area contributed by atoms with E-state index in [0.29, 0.717) is 28.9 Å². The fourth-order valence-corrected chi connectivity index (χ4v) is 6.53. The van der Waals surface area contributed by atoms with Crippen LogP contribution in [0, 0.1) is 23.3 Å². The first kappa shape index (κ1) is 38.2. The van der Waals surface area contributed by atoms with Crippen molar-refractivity contribution in [2.75, 3.05) is 17.7 Å². The normalized spacial score (nSPS) is 15.1. The van der Waals surface area contributed by atoms with Gasteiger partial charge in [0.2, 0.25) is 0 Å². The molecule has 0 saturated carbocycles. The molecule has 0 spiro atoms. The highest BCUT2D eigenvalue weighted by Crippen LogP contribution is 2.36. The van der Waals surface area contributed by atoms with Gasteiger partial charge < -0.3 is 20.5 Å². The Balaban J connectivity index is 0.000000204. The summed E-state index contributed by atoms with van der Waals surface area (Å²) in [5.74, 6) is -6.72. The van der Waals surface area contributed by atoms with Gasteiger partial charge in [0.15, 0.2) is 0 Å². The van der Waals surface area contributed by atoms with Crippen molar-refractivity contribution >= 4 is 46.3 Å². The SMILES string of the molecule is C/C(C(=O)O)=C1/CCCc2cc(NC(=O)c3c(F)cccc3F)ccc21.COC(=O)/C(C)=C1\CCCc2cc(NC(=O)c3c(F)cccc3F)ccc21. The average Bonchev–Trinajstić information content (AvgIpc) is 3.13. The largest absolute Gasteiger partial charge is 0.478 e. The van der Waals surface area contributed by atoms with E-state index >= 15 is 0 Å². The molecule has 0 fully saturated rings. The Morgan fingerprint density at radius 1 is 0.604 bits per heavy atom. The maximum absolute atomic E-state index is 13.8. The monoisotopic (exact) mass is 728 g/mol. The number of carboxylic acids is 1. The number of carbonyl (C=O) groups is 4. The maximum Gasteiger partial charge on any atom is 0.333 e. The van der Waals surface area contributed by atoms with Crippen LogP contribution in [0.15, 0.2) is 83.9 Å². The predicted octanol–water partition coefficient (Wildman–Crippen LogP) is 8.91. The third-order valence-corrected chi connectivity index (χ3v) is 9.22. The van der Waals surface area contributed by atoms with Crippen LogP contribution in [-0.4, -0.2) is 36.0 Å². The number of aliphatic carboxylic acids is 1. The van der Waals surface area contributed by atoms with E-state index in [1.54, 1.807) is 44.2 Å². The lowest BCUT2D eigenvalue weighted by Gasteiger charge is -2.22. The second kappa shape index (κ2) is 16.5. The van der Waals surface area contributed by atoms with Gasteiger partial charge in [0.25, 0.3) is 11.8 Å². The number of allylic oxidation sites excluding steroid dienone is 2. The van der Waals surface area contributed by atoms with Crippen LogP contribution in [0.2, 0.25) is 0 Å². The number of esters is 1. The van der Waals surface area contributed by atoms with Crippen molar-refractivity contribution in [2.24, 2.45) is 0 Å². The smallest absolute Gasteiger partial charge is 0.333 e. The van der Waals surface area contributed by atoms with Crippen molar-refractivity contribution in [3.8, 4) is 0 Å². The molecule has 4 aromatic rings. The van der Waals surface area contributed by atoms with Gasteiger partial charge in [-0.15, -0.1) is 0 Å². The van der Waals surface area contributed by atoms with Crippen molar-refractivity contribution in [3.05, 3.63) is 141 Å². The van der Waals surface area contributed by atoms with Gasteiger partial charge in [-0.2, -0.15) is 0 Å². The van der Waals surface area contributed by atoms with Crippen LogP contribution >= 0.6 is 0 Å². The van der Waals surface area contributed by atoms with Crippen LogP contribution in [0.3, 0.4) is 0 Å². The first-order valence-electron chi connectivity index (χ1n) is 16.8. The Morgan fingerprint density at radius 2 is 1.00 bits per heavy atom. The summed E-state index contributed by atoms with van der Waals surface area (Å²) >= 11 is 0. The van der Waals surface area contributed by atoms with E-state index < -0.39 is 52.2 Å². The zero-order chi connectivity index (χ0) is 38.4. The van der Waals surface area contributed by atoms with E-state index in [2.05, 4.69) is 10.6 Å². The molecular weight excluding hydrogens is 692 g/mol. The molecule has 0 unspecified atom stereocenters. The number of methoxy groups -OCH3 is 1. The standard InChI is InChI=1S/C21H19F2NO3.C20H17F2NO3/c1-12(21(26)27-2)15-6-3-5-13-11-14(9-10-16(13)15)24-20(25)19-17(22)7-4-8-18(19)23;1-11(20(25)26)14-5-2-4-12-10-13(8-9-15(12)14)23-19(24)18-16(21)6-3-7-17(18)22/h4,7-11H,3,5-6H2,1-2H3,(H,24,25);3,6-10H,2,4-5H2,1H3,(H,23,24)(H,25,26)/b15-12+;14-11+. The number of amides is 2. The number of fused-ring (bicyclic) bond motifs is 2. The zero-order valence-electron chi connectivity index (χ0n) is 29.2. The summed E-state index contributed by atoms with van der Waals surface area (Å²) in [5, 5.41) is 14.3. The summed E-state index contributed by atoms with van der Waals surface area (Å²) in [4.78, 5) is 47.6. The molecule has 0 bridgehead atoms. The number of ether oxygens (including phenoxy) is 1. The number of hydrogen-bond acceptors (Lipinski definition) is 5. The Bertz CT molecular complexity index is 2150. The molecule has 0 atom stereocenters. The molecule has 4 aromatic carbocycles. The molecule has 0 heterocycles. The number of rotatable bonds is 6. The second-order valence-electron chi connectivity index (χ2n) is 12.6. The number of carboxylic acid groups (broad SMARTS) is 1. The van der Waals surface area contributed by atoms with Crippen molar-refractivity contribution in [3.63, 3.8) is 0 Å². The molecule has 0 aliphatic heterocycles. The van der Waals surface area contributed by atoms with Crippen LogP contribution in [-0.2, 0) is 27.2 Å². The lowest BCUT2D eigenvalue weighted by atomic mass is 9.84. The third-order valence-electron chi connectivity index (χ3n) is 9.22. The summed E-state index contributed by atoms with van der Waals surface area (Å²) in [7, 11) is 1.34. The molecule has 2 amide bonds. The van der Waals surface area contributed by atoms with Gasteiger partial charge in [-0.25, -0.2) is 27.2 Å². The maximum atomic E-state index is 13.8. The molecular formula is C41H36F4N2O6. The Morgan fingerprint density at radius 3 is 1.38 bits per heavy atom. The van der Waals surface area contributed by atoms with Gasteiger partial charge in [0.1, 0.15) is 34.4 Å². The molecule has 53 heavy (non-hydrogen) atoms. The van der Waals surface area contributed by atoms with Gasteiger partial charge in [0.05, 0.1) is 7.11 Å². The van der Waals surface area contributed by atoms with E-state index in [1.165, 1.54) is 19.2 Å². The summed E-state index contributed by atoms with van der Waals surface area (Å²) < 4.78 is 59.8. The lowest BCUT2D eigenvalue weighted by Crippen LogP contribution is -2.16. The number of carbonyl (C=O) groups excluding carboxylic acids is 3. The Hall–Kier alpha value is -6.04. The average molecular weight is 729 g/mol. The number of nitrogens with one attached hydrogen (secondary N) is 2. The summed E-state index contributed by atoms with van der Waals surface area (Å²) in [5.41, 5.74) is 5.79. The minimum atomic E-state index is -0.958.